The van der Waals surface area contributed by atoms with Crippen LogP contribution >= 0.6 is 0 Å². The van der Waals surface area contributed by atoms with Gasteiger partial charge in [-0.1, -0.05) is 0 Å². The molecular weight excluding hydrogens is 256 g/mol. The van der Waals surface area contributed by atoms with Crippen LogP contribution in [-0.2, 0) is 23.9 Å². The predicted octanol–water partition coefficient (Wildman–Crippen LogP) is -1.52. The molecule has 0 radical (unpaired) electrons. The number of methoxy groups -OCH3 is 1. The number of amides is 1. The maximum absolute atomic E-state index is 11.8. The lowest BCUT2D eigenvalue weighted by Gasteiger charge is -2.18. The standard InChI is InChI=1S/C11H18N2O6/c1-18-9(14)3-2-8(11(16)17)13-10(15)6-4-19-5-7(6)12/h6-8H,2-5,12H2,1H3,(H,13,15)(H,16,17). The summed E-state index contributed by atoms with van der Waals surface area (Å²) in [5.74, 6) is -2.76. The molecule has 8 heteroatoms. The second-order valence-corrected chi connectivity index (χ2v) is 4.32. The molecule has 1 saturated heterocycles. The highest BCUT2D eigenvalue weighted by molar-refractivity contribution is 5.86. The van der Waals surface area contributed by atoms with E-state index in [1.54, 1.807) is 0 Å². The van der Waals surface area contributed by atoms with Crippen molar-refractivity contribution in [3.63, 3.8) is 0 Å². The molecule has 0 aromatic carbocycles. The van der Waals surface area contributed by atoms with E-state index in [0.717, 1.165) is 0 Å². The molecule has 1 heterocycles. The molecule has 4 N–H and O–H groups in total. The maximum Gasteiger partial charge on any atom is 0.326 e. The smallest absolute Gasteiger partial charge is 0.326 e. The van der Waals surface area contributed by atoms with E-state index in [1.807, 2.05) is 0 Å². The molecule has 0 spiro atoms. The molecule has 8 nitrogen and oxygen atoms in total. The second-order valence-electron chi connectivity index (χ2n) is 4.32. The minimum Gasteiger partial charge on any atom is -0.480 e. The number of esters is 1. The summed E-state index contributed by atoms with van der Waals surface area (Å²) in [7, 11) is 1.21. The van der Waals surface area contributed by atoms with Gasteiger partial charge in [0.25, 0.3) is 0 Å². The molecular formula is C11H18N2O6. The zero-order valence-corrected chi connectivity index (χ0v) is 10.6. The Hall–Kier alpha value is -1.67. The number of nitrogens with one attached hydrogen (secondary N) is 1. The zero-order chi connectivity index (χ0) is 14.4. The minimum absolute atomic E-state index is 0.0312. The van der Waals surface area contributed by atoms with Crippen LogP contribution in [-0.4, -0.2) is 55.4 Å². The first-order chi connectivity index (χ1) is 8.95. The highest BCUT2D eigenvalue weighted by Crippen LogP contribution is 2.12. The van der Waals surface area contributed by atoms with Gasteiger partial charge in [-0.15, -0.1) is 0 Å². The summed E-state index contributed by atoms with van der Waals surface area (Å²) in [6.45, 7) is 0.453. The Balaban J connectivity index is 2.51. The van der Waals surface area contributed by atoms with Gasteiger partial charge in [0.05, 0.1) is 26.2 Å². The van der Waals surface area contributed by atoms with Crippen LogP contribution in [0.5, 0.6) is 0 Å². The molecule has 19 heavy (non-hydrogen) atoms. The summed E-state index contributed by atoms with van der Waals surface area (Å²) in [5.41, 5.74) is 5.67. The Morgan fingerprint density at radius 2 is 2.16 bits per heavy atom. The van der Waals surface area contributed by atoms with Crippen molar-refractivity contribution in [3.8, 4) is 0 Å². The number of carbonyl (C=O) groups is 3. The van der Waals surface area contributed by atoms with Gasteiger partial charge in [0.2, 0.25) is 5.91 Å². The first-order valence-electron chi connectivity index (χ1n) is 5.89. The number of aliphatic carboxylic acids is 1. The van der Waals surface area contributed by atoms with Crippen molar-refractivity contribution in [1.82, 2.24) is 5.32 Å². The van der Waals surface area contributed by atoms with Gasteiger partial charge in [-0.2, -0.15) is 0 Å². The summed E-state index contributed by atoms with van der Waals surface area (Å²) in [6.07, 6.45) is -0.114. The zero-order valence-electron chi connectivity index (χ0n) is 10.6. The van der Waals surface area contributed by atoms with E-state index in [1.165, 1.54) is 7.11 Å². The number of carbonyl (C=O) groups excluding carboxylic acids is 2. The van der Waals surface area contributed by atoms with Gasteiger partial charge in [0.1, 0.15) is 6.04 Å². The molecule has 0 aromatic heterocycles. The van der Waals surface area contributed by atoms with E-state index in [9.17, 15) is 14.4 Å². The SMILES string of the molecule is COC(=O)CCC(NC(=O)C1COCC1N)C(=O)O. The molecule has 0 aliphatic carbocycles. The van der Waals surface area contributed by atoms with Crippen molar-refractivity contribution in [3.05, 3.63) is 0 Å². The van der Waals surface area contributed by atoms with Gasteiger partial charge in [0.15, 0.2) is 0 Å². The highest BCUT2D eigenvalue weighted by atomic mass is 16.5. The monoisotopic (exact) mass is 274 g/mol. The Morgan fingerprint density at radius 1 is 1.47 bits per heavy atom. The molecule has 3 unspecified atom stereocenters. The van der Waals surface area contributed by atoms with Gasteiger partial charge >= 0.3 is 11.9 Å². The van der Waals surface area contributed by atoms with E-state index in [0.29, 0.717) is 0 Å². The van der Waals surface area contributed by atoms with Crippen LogP contribution in [0.3, 0.4) is 0 Å². The van der Waals surface area contributed by atoms with Crippen molar-refractivity contribution < 1.29 is 29.0 Å². The average Bonchev–Trinajstić information content (AvgIpc) is 2.79. The fourth-order valence-corrected chi connectivity index (χ4v) is 1.74. The molecule has 0 aromatic rings. The number of carboxylic acid groups (broad SMARTS) is 1. The van der Waals surface area contributed by atoms with Crippen LogP contribution in [0.1, 0.15) is 12.8 Å². The van der Waals surface area contributed by atoms with Crippen molar-refractivity contribution in [2.24, 2.45) is 11.7 Å². The number of nitrogens with two attached hydrogens (primary N) is 1. The largest absolute Gasteiger partial charge is 0.480 e. The molecule has 3 atom stereocenters. The van der Waals surface area contributed by atoms with Crippen LogP contribution in [0.25, 0.3) is 0 Å². The third kappa shape index (κ3) is 4.49. The molecule has 108 valence electrons. The van der Waals surface area contributed by atoms with Crippen LogP contribution in [0.2, 0.25) is 0 Å². The number of hydrogen-bond donors (Lipinski definition) is 3. The number of carboxylic acids is 1. The molecule has 0 bridgehead atoms. The molecule has 0 saturated carbocycles. The third-order valence-corrected chi connectivity index (χ3v) is 2.94. The summed E-state index contributed by atoms with van der Waals surface area (Å²) >= 11 is 0. The highest BCUT2D eigenvalue weighted by Gasteiger charge is 2.33. The number of ether oxygens (including phenoxy) is 2. The van der Waals surface area contributed by atoms with Gasteiger partial charge in [0, 0.05) is 12.5 Å². The molecule has 1 aliphatic heterocycles. The molecule has 1 rings (SSSR count). The van der Waals surface area contributed by atoms with Gasteiger partial charge in [-0.3, -0.25) is 9.59 Å². The topological polar surface area (TPSA) is 128 Å². The van der Waals surface area contributed by atoms with Crippen molar-refractivity contribution in [1.29, 1.82) is 0 Å². The van der Waals surface area contributed by atoms with E-state index in [4.69, 9.17) is 15.6 Å². The first-order valence-corrected chi connectivity index (χ1v) is 5.89. The summed E-state index contributed by atoms with van der Waals surface area (Å²) in [6, 6.07) is -1.57. The first kappa shape index (κ1) is 15.4. The van der Waals surface area contributed by atoms with Crippen LogP contribution in [0.15, 0.2) is 0 Å². The van der Waals surface area contributed by atoms with Crippen LogP contribution in [0.4, 0.5) is 0 Å². The van der Waals surface area contributed by atoms with Crippen molar-refractivity contribution in [2.75, 3.05) is 20.3 Å². The van der Waals surface area contributed by atoms with Crippen LogP contribution in [0, 0.1) is 5.92 Å². The average molecular weight is 274 g/mol. The third-order valence-electron chi connectivity index (χ3n) is 2.94. The molecule has 1 aliphatic rings. The molecule has 1 fully saturated rings. The van der Waals surface area contributed by atoms with E-state index < -0.39 is 35.8 Å². The number of rotatable bonds is 6. The second kappa shape index (κ2) is 7.05. The number of hydrogen-bond acceptors (Lipinski definition) is 6. The quantitative estimate of drug-likeness (QED) is 0.502. The van der Waals surface area contributed by atoms with E-state index in [2.05, 4.69) is 10.1 Å². The fourth-order valence-electron chi connectivity index (χ4n) is 1.74. The lowest BCUT2D eigenvalue weighted by atomic mass is 10.0. The summed E-state index contributed by atoms with van der Waals surface area (Å²) < 4.78 is 9.46. The normalized spacial score (nSPS) is 23.7. The van der Waals surface area contributed by atoms with Crippen molar-refractivity contribution in [2.45, 2.75) is 24.9 Å². The lowest BCUT2D eigenvalue weighted by molar-refractivity contribution is -0.144. The van der Waals surface area contributed by atoms with Gasteiger partial charge in [-0.25, -0.2) is 4.79 Å². The Morgan fingerprint density at radius 3 is 2.63 bits per heavy atom. The Kier molecular flexibility index (Phi) is 5.71. The molecule has 1 amide bonds. The summed E-state index contributed by atoms with van der Waals surface area (Å²) in [4.78, 5) is 33.8. The fraction of sp³-hybridized carbons (Fsp3) is 0.727. The maximum atomic E-state index is 11.8. The lowest BCUT2D eigenvalue weighted by Crippen LogP contribution is -2.48. The minimum atomic E-state index is -1.20. The van der Waals surface area contributed by atoms with Crippen LogP contribution < -0.4 is 11.1 Å². The van der Waals surface area contributed by atoms with E-state index in [-0.39, 0.29) is 26.1 Å². The summed E-state index contributed by atoms with van der Waals surface area (Å²) in [5, 5.41) is 11.3. The predicted molar refractivity (Wildman–Crippen MR) is 63.1 cm³/mol. The van der Waals surface area contributed by atoms with E-state index >= 15 is 0 Å². The Bertz CT molecular complexity index is 359. The van der Waals surface area contributed by atoms with Gasteiger partial charge < -0.3 is 25.6 Å². The Labute approximate surface area is 110 Å². The van der Waals surface area contributed by atoms with Crippen molar-refractivity contribution >= 4 is 17.8 Å². The van der Waals surface area contributed by atoms with Gasteiger partial charge in [-0.05, 0) is 6.42 Å².